The van der Waals surface area contributed by atoms with Crippen LogP contribution in [0.2, 0.25) is 0 Å². The number of ether oxygens (including phenoxy) is 1. The average Bonchev–Trinajstić information content (AvgIpc) is 3.01. The summed E-state index contributed by atoms with van der Waals surface area (Å²) < 4.78 is 5.97. The normalized spacial score (nSPS) is 32.7. The third-order valence-corrected chi connectivity index (χ3v) is 5.30. The van der Waals surface area contributed by atoms with Crippen molar-refractivity contribution in [2.24, 2.45) is 5.73 Å². The zero-order valence-electron chi connectivity index (χ0n) is 11.0. The summed E-state index contributed by atoms with van der Waals surface area (Å²) in [5, 5.41) is 2.22. The molecule has 0 bridgehead atoms. The van der Waals surface area contributed by atoms with Crippen LogP contribution in [0.4, 0.5) is 0 Å². The number of nitrogens with two attached hydrogens (primary N) is 1. The van der Waals surface area contributed by atoms with Crippen LogP contribution >= 0.6 is 11.3 Å². The summed E-state index contributed by atoms with van der Waals surface area (Å²) in [6.45, 7) is 5.22. The van der Waals surface area contributed by atoms with Gasteiger partial charge in [0.2, 0.25) is 0 Å². The summed E-state index contributed by atoms with van der Waals surface area (Å²) in [5.74, 6) is 0. The van der Waals surface area contributed by atoms with Crippen LogP contribution in [0.3, 0.4) is 0 Å². The number of hydrogen-bond acceptors (Lipinski definition) is 4. The van der Waals surface area contributed by atoms with Gasteiger partial charge in [-0.25, -0.2) is 0 Å². The fraction of sp³-hybridized carbons (Fsp3) is 0.714. The van der Waals surface area contributed by atoms with Crippen LogP contribution < -0.4 is 5.73 Å². The molecule has 1 aromatic heterocycles. The van der Waals surface area contributed by atoms with E-state index in [0.29, 0.717) is 24.8 Å². The van der Waals surface area contributed by atoms with Crippen LogP contribution in [-0.4, -0.2) is 36.7 Å². The first-order valence-corrected chi connectivity index (χ1v) is 7.81. The van der Waals surface area contributed by atoms with Crippen LogP contribution in [0.25, 0.3) is 0 Å². The average molecular weight is 266 g/mol. The van der Waals surface area contributed by atoms with Crippen molar-refractivity contribution in [2.75, 3.05) is 19.6 Å². The second-order valence-corrected chi connectivity index (χ2v) is 6.41. The molecule has 2 aliphatic rings. The molecule has 3 unspecified atom stereocenters. The smallest absolute Gasteiger partial charge is 0.0707 e. The van der Waals surface area contributed by atoms with Crippen molar-refractivity contribution in [2.45, 2.75) is 44.4 Å². The third kappa shape index (κ3) is 2.35. The molecule has 3 rings (SSSR count). The minimum atomic E-state index is 0.298. The molecule has 0 spiro atoms. The largest absolute Gasteiger partial charge is 0.372 e. The van der Waals surface area contributed by atoms with E-state index in [4.69, 9.17) is 10.5 Å². The Bertz CT molecular complexity index is 406. The van der Waals surface area contributed by atoms with E-state index >= 15 is 0 Å². The Morgan fingerprint density at radius 1 is 1.44 bits per heavy atom. The molecule has 1 aromatic rings. The quantitative estimate of drug-likeness (QED) is 0.911. The van der Waals surface area contributed by atoms with E-state index in [-0.39, 0.29) is 0 Å². The first-order chi connectivity index (χ1) is 8.78. The van der Waals surface area contributed by atoms with Gasteiger partial charge in [-0.3, -0.25) is 4.90 Å². The molecule has 4 heteroatoms. The molecule has 0 radical (unpaired) electrons. The molecule has 3 nitrogen and oxygen atoms in total. The summed E-state index contributed by atoms with van der Waals surface area (Å²) in [6, 6.07) is 2.83. The second kappa shape index (κ2) is 5.29. The van der Waals surface area contributed by atoms with Gasteiger partial charge in [0.05, 0.1) is 12.2 Å². The van der Waals surface area contributed by atoms with Gasteiger partial charge in [-0.2, -0.15) is 0 Å². The lowest BCUT2D eigenvalue weighted by Crippen LogP contribution is -2.39. The SMILES string of the molecule is CC1c2ccsc2CCN1CC1CCC(CN)O1. The van der Waals surface area contributed by atoms with Gasteiger partial charge in [-0.15, -0.1) is 11.3 Å². The zero-order valence-corrected chi connectivity index (χ0v) is 11.8. The zero-order chi connectivity index (χ0) is 12.5. The Morgan fingerprint density at radius 3 is 3.06 bits per heavy atom. The van der Waals surface area contributed by atoms with E-state index in [9.17, 15) is 0 Å². The number of rotatable bonds is 3. The van der Waals surface area contributed by atoms with Crippen molar-refractivity contribution in [3.8, 4) is 0 Å². The maximum atomic E-state index is 5.97. The topological polar surface area (TPSA) is 38.5 Å². The highest BCUT2D eigenvalue weighted by atomic mass is 32.1. The Kier molecular flexibility index (Phi) is 3.71. The molecule has 100 valence electrons. The van der Waals surface area contributed by atoms with Gasteiger partial charge in [-0.1, -0.05) is 0 Å². The standard InChI is InChI=1S/C14H22N2OS/c1-10-13-5-7-18-14(13)4-6-16(10)9-12-3-2-11(8-15)17-12/h5,7,10-12H,2-4,6,8-9,15H2,1H3. The molecule has 1 saturated heterocycles. The fourth-order valence-corrected chi connectivity index (χ4v) is 4.12. The van der Waals surface area contributed by atoms with E-state index < -0.39 is 0 Å². The Hall–Kier alpha value is -0.420. The van der Waals surface area contributed by atoms with Crippen molar-refractivity contribution in [3.05, 3.63) is 21.9 Å². The van der Waals surface area contributed by atoms with Crippen molar-refractivity contribution in [3.63, 3.8) is 0 Å². The van der Waals surface area contributed by atoms with Crippen LogP contribution in [0.15, 0.2) is 11.4 Å². The van der Waals surface area contributed by atoms with Gasteiger partial charge < -0.3 is 10.5 Å². The molecule has 0 amide bonds. The Balaban J connectivity index is 1.62. The summed E-state index contributed by atoms with van der Waals surface area (Å²) in [4.78, 5) is 4.14. The monoisotopic (exact) mass is 266 g/mol. The Labute approximate surface area is 113 Å². The number of fused-ring (bicyclic) bond motifs is 1. The van der Waals surface area contributed by atoms with E-state index in [2.05, 4.69) is 23.3 Å². The highest BCUT2D eigenvalue weighted by Gasteiger charge is 2.30. The van der Waals surface area contributed by atoms with Gasteiger partial charge in [0.15, 0.2) is 0 Å². The van der Waals surface area contributed by atoms with Crippen molar-refractivity contribution in [1.29, 1.82) is 0 Å². The molecule has 3 heterocycles. The lowest BCUT2D eigenvalue weighted by molar-refractivity contribution is 0.0175. The third-order valence-electron chi connectivity index (χ3n) is 4.30. The first kappa shape index (κ1) is 12.6. The van der Waals surface area contributed by atoms with E-state index in [1.807, 2.05) is 11.3 Å². The molecular weight excluding hydrogens is 244 g/mol. The Morgan fingerprint density at radius 2 is 2.28 bits per heavy atom. The van der Waals surface area contributed by atoms with Crippen LogP contribution in [0.1, 0.15) is 36.2 Å². The molecule has 3 atom stereocenters. The molecule has 1 fully saturated rings. The number of hydrogen-bond donors (Lipinski definition) is 1. The minimum absolute atomic E-state index is 0.298. The predicted molar refractivity (Wildman–Crippen MR) is 75.0 cm³/mol. The molecule has 0 aliphatic carbocycles. The van der Waals surface area contributed by atoms with Crippen LogP contribution in [0.5, 0.6) is 0 Å². The molecular formula is C14H22N2OS. The predicted octanol–water partition coefficient (Wildman–Crippen LogP) is 2.17. The molecule has 18 heavy (non-hydrogen) atoms. The van der Waals surface area contributed by atoms with Gasteiger partial charge in [0.1, 0.15) is 0 Å². The highest BCUT2D eigenvalue weighted by Crippen LogP contribution is 2.33. The van der Waals surface area contributed by atoms with Gasteiger partial charge in [-0.05, 0) is 43.2 Å². The van der Waals surface area contributed by atoms with Gasteiger partial charge >= 0.3 is 0 Å². The summed E-state index contributed by atoms with van der Waals surface area (Å²) in [6.07, 6.45) is 4.19. The van der Waals surface area contributed by atoms with Crippen molar-refractivity contribution >= 4 is 11.3 Å². The fourth-order valence-electron chi connectivity index (χ4n) is 3.16. The lowest BCUT2D eigenvalue weighted by Gasteiger charge is -2.35. The second-order valence-electron chi connectivity index (χ2n) is 5.41. The summed E-state index contributed by atoms with van der Waals surface area (Å²) in [5.41, 5.74) is 7.20. The van der Waals surface area contributed by atoms with Gasteiger partial charge in [0, 0.05) is 30.6 Å². The lowest BCUT2D eigenvalue weighted by atomic mass is 10.0. The number of nitrogens with zero attached hydrogens (tertiary/aromatic N) is 1. The van der Waals surface area contributed by atoms with Crippen molar-refractivity contribution < 1.29 is 4.74 Å². The molecule has 0 aromatic carbocycles. The van der Waals surface area contributed by atoms with E-state index in [1.54, 1.807) is 4.88 Å². The molecule has 2 N–H and O–H groups in total. The highest BCUT2D eigenvalue weighted by molar-refractivity contribution is 7.10. The number of thiophene rings is 1. The van der Waals surface area contributed by atoms with E-state index in [1.165, 1.54) is 24.9 Å². The van der Waals surface area contributed by atoms with Crippen LogP contribution in [0, 0.1) is 0 Å². The summed E-state index contributed by atoms with van der Waals surface area (Å²) in [7, 11) is 0. The van der Waals surface area contributed by atoms with Crippen molar-refractivity contribution in [1.82, 2.24) is 4.90 Å². The maximum Gasteiger partial charge on any atom is 0.0707 e. The van der Waals surface area contributed by atoms with Crippen LogP contribution in [-0.2, 0) is 11.2 Å². The molecule has 0 saturated carbocycles. The van der Waals surface area contributed by atoms with Gasteiger partial charge in [0.25, 0.3) is 0 Å². The first-order valence-electron chi connectivity index (χ1n) is 6.93. The molecule has 2 aliphatic heterocycles. The maximum absolute atomic E-state index is 5.97. The minimum Gasteiger partial charge on any atom is -0.372 e. The van der Waals surface area contributed by atoms with E-state index in [0.717, 1.165) is 13.0 Å². The summed E-state index contributed by atoms with van der Waals surface area (Å²) >= 11 is 1.90.